The molecule has 2 aliphatic rings. The van der Waals surface area contributed by atoms with Crippen LogP contribution in [-0.4, -0.2) is 52.0 Å². The molecule has 1 saturated carbocycles. The average molecular weight is 495 g/mol. The van der Waals surface area contributed by atoms with Crippen molar-refractivity contribution in [3.63, 3.8) is 0 Å². The van der Waals surface area contributed by atoms with Crippen LogP contribution < -0.4 is 10.5 Å². The summed E-state index contributed by atoms with van der Waals surface area (Å²) in [5.41, 5.74) is 9.63. The number of hydrogen-bond donors (Lipinski definition) is 3. The molecule has 7 nitrogen and oxygen atoms in total. The van der Waals surface area contributed by atoms with Gasteiger partial charge in [-0.25, -0.2) is 4.98 Å². The highest BCUT2D eigenvalue weighted by Gasteiger charge is 2.23. The van der Waals surface area contributed by atoms with Crippen LogP contribution in [0.25, 0.3) is 22.2 Å². The minimum Gasteiger partial charge on any atom is -0.492 e. The third kappa shape index (κ3) is 5.52. The maximum Gasteiger partial charge on any atom is 0.181 e. The number of aromatic nitrogens is 3. The van der Waals surface area contributed by atoms with Gasteiger partial charge in [0.15, 0.2) is 5.82 Å². The van der Waals surface area contributed by atoms with Crippen molar-refractivity contribution in [2.45, 2.75) is 38.5 Å². The fraction of sp³-hybridized carbons (Fsp3) is 0.367. The lowest BCUT2D eigenvalue weighted by molar-refractivity contribution is 0.183. The summed E-state index contributed by atoms with van der Waals surface area (Å²) in [6.07, 6.45) is 7.44. The van der Waals surface area contributed by atoms with Gasteiger partial charge in [-0.05, 0) is 91.9 Å². The van der Waals surface area contributed by atoms with Crippen LogP contribution in [0.3, 0.4) is 0 Å². The fourth-order valence-corrected chi connectivity index (χ4v) is 5.12. The van der Waals surface area contributed by atoms with Gasteiger partial charge in [-0.15, -0.1) is 0 Å². The Kier molecular flexibility index (Phi) is 6.62. The lowest BCUT2D eigenvalue weighted by Gasteiger charge is -2.26. The van der Waals surface area contributed by atoms with Crippen LogP contribution in [-0.2, 0) is 6.42 Å². The number of anilines is 1. The molecule has 1 aliphatic carbocycles. The SMILES string of the molecule is N=C(c1ccc2cc(OCCN3CCCCC3)ccc2c1)c1cc(-c2n[nH]c(CC3CC3)n2)ccc1N. The van der Waals surface area contributed by atoms with Crippen molar-refractivity contribution in [1.29, 1.82) is 5.41 Å². The van der Waals surface area contributed by atoms with E-state index in [-0.39, 0.29) is 0 Å². The van der Waals surface area contributed by atoms with E-state index in [0.717, 1.165) is 52.4 Å². The van der Waals surface area contributed by atoms with E-state index in [1.807, 2.05) is 36.4 Å². The van der Waals surface area contributed by atoms with Gasteiger partial charge in [0.1, 0.15) is 18.2 Å². The van der Waals surface area contributed by atoms with Crippen LogP contribution in [0, 0.1) is 11.3 Å². The standard InChI is InChI=1S/C30H34N6O/c31-27-11-9-24(30-33-28(34-35-30)16-20-4-5-20)19-26(27)29(32)23-7-6-22-18-25(10-8-21(22)17-23)37-15-14-36-12-2-1-3-13-36/h6-11,17-20,32H,1-5,12-16,31H2,(H,33,34,35). The summed E-state index contributed by atoms with van der Waals surface area (Å²) in [7, 11) is 0. The van der Waals surface area contributed by atoms with Crippen LogP contribution >= 0.6 is 0 Å². The van der Waals surface area contributed by atoms with Crippen LogP contribution in [0.2, 0.25) is 0 Å². The molecule has 1 aliphatic heterocycles. The van der Waals surface area contributed by atoms with E-state index in [9.17, 15) is 0 Å². The second-order valence-electron chi connectivity index (χ2n) is 10.4. The second kappa shape index (κ2) is 10.3. The maximum atomic E-state index is 8.92. The van der Waals surface area contributed by atoms with Gasteiger partial charge in [0.05, 0.1) is 5.71 Å². The van der Waals surface area contributed by atoms with Gasteiger partial charge in [-0.2, -0.15) is 5.10 Å². The Morgan fingerprint density at radius 1 is 1.00 bits per heavy atom. The minimum atomic E-state index is 0.386. The summed E-state index contributed by atoms with van der Waals surface area (Å²) in [5.74, 6) is 3.20. The van der Waals surface area contributed by atoms with Crippen molar-refractivity contribution in [3.05, 3.63) is 71.5 Å². The molecular weight excluding hydrogens is 460 g/mol. The number of rotatable bonds is 9. The van der Waals surface area contributed by atoms with Crippen LogP contribution in [0.15, 0.2) is 54.6 Å². The lowest BCUT2D eigenvalue weighted by atomic mass is 9.96. The van der Waals surface area contributed by atoms with E-state index in [1.165, 1.54) is 45.2 Å². The maximum absolute atomic E-state index is 8.92. The van der Waals surface area contributed by atoms with Crippen LogP contribution in [0.1, 0.15) is 49.1 Å². The van der Waals surface area contributed by atoms with Crippen molar-refractivity contribution in [2.75, 3.05) is 32.0 Å². The number of H-pyrrole nitrogens is 1. The van der Waals surface area contributed by atoms with E-state index in [4.69, 9.17) is 15.9 Å². The molecule has 0 amide bonds. The molecule has 190 valence electrons. The summed E-state index contributed by atoms with van der Waals surface area (Å²) < 4.78 is 6.05. The predicted octanol–water partition coefficient (Wildman–Crippen LogP) is 5.44. The number of nitrogens with two attached hydrogens (primary N) is 1. The molecule has 7 heteroatoms. The highest BCUT2D eigenvalue weighted by molar-refractivity contribution is 6.15. The number of fused-ring (bicyclic) bond motifs is 1. The quantitative estimate of drug-likeness (QED) is 0.212. The van der Waals surface area contributed by atoms with Gasteiger partial charge in [-0.3, -0.25) is 15.4 Å². The number of piperidine rings is 1. The van der Waals surface area contributed by atoms with Crippen molar-refractivity contribution >= 4 is 22.2 Å². The monoisotopic (exact) mass is 494 g/mol. The summed E-state index contributed by atoms with van der Waals surface area (Å²) in [6, 6.07) is 17.9. The number of aromatic amines is 1. The molecule has 37 heavy (non-hydrogen) atoms. The lowest BCUT2D eigenvalue weighted by Crippen LogP contribution is -2.33. The number of nitrogen functional groups attached to an aromatic ring is 1. The molecule has 4 aromatic rings. The Morgan fingerprint density at radius 3 is 2.65 bits per heavy atom. The third-order valence-electron chi connectivity index (χ3n) is 7.52. The average Bonchev–Trinajstić information content (AvgIpc) is 3.63. The molecule has 0 bridgehead atoms. The molecular formula is C30H34N6O. The Hall–Kier alpha value is -3.71. The number of nitrogens with zero attached hydrogens (tertiary/aromatic N) is 3. The van der Waals surface area contributed by atoms with Gasteiger partial charge >= 0.3 is 0 Å². The van der Waals surface area contributed by atoms with Gasteiger partial charge in [0, 0.05) is 35.3 Å². The largest absolute Gasteiger partial charge is 0.492 e. The Balaban J connectivity index is 1.16. The molecule has 1 aromatic heterocycles. The zero-order valence-corrected chi connectivity index (χ0v) is 21.2. The fourth-order valence-electron chi connectivity index (χ4n) is 5.12. The summed E-state index contributed by atoms with van der Waals surface area (Å²) in [4.78, 5) is 7.15. The minimum absolute atomic E-state index is 0.386. The first-order chi connectivity index (χ1) is 18.1. The number of likely N-dealkylation sites (tertiary alicyclic amines) is 1. The first kappa shape index (κ1) is 23.7. The number of benzene rings is 3. The molecule has 0 spiro atoms. The molecule has 6 rings (SSSR count). The topological polar surface area (TPSA) is 104 Å². The Bertz CT molecular complexity index is 1420. The zero-order valence-electron chi connectivity index (χ0n) is 21.2. The van der Waals surface area contributed by atoms with E-state index < -0.39 is 0 Å². The Labute approximate surface area is 217 Å². The summed E-state index contributed by atoms with van der Waals surface area (Å²) in [6.45, 7) is 4.05. The molecule has 0 atom stereocenters. The van der Waals surface area contributed by atoms with Gasteiger partial charge in [0.25, 0.3) is 0 Å². The van der Waals surface area contributed by atoms with E-state index in [1.54, 1.807) is 0 Å². The molecule has 0 radical (unpaired) electrons. The van der Waals surface area contributed by atoms with Crippen molar-refractivity contribution < 1.29 is 4.74 Å². The highest BCUT2D eigenvalue weighted by Crippen LogP contribution is 2.32. The van der Waals surface area contributed by atoms with Crippen LogP contribution in [0.4, 0.5) is 5.69 Å². The van der Waals surface area contributed by atoms with Gasteiger partial charge in [0.2, 0.25) is 0 Å². The third-order valence-corrected chi connectivity index (χ3v) is 7.52. The van der Waals surface area contributed by atoms with Crippen LogP contribution in [0.5, 0.6) is 5.75 Å². The zero-order chi connectivity index (χ0) is 25.2. The number of ether oxygens (including phenoxy) is 1. The normalized spacial score (nSPS) is 16.2. The first-order valence-electron chi connectivity index (χ1n) is 13.4. The summed E-state index contributed by atoms with van der Waals surface area (Å²) >= 11 is 0. The second-order valence-corrected chi connectivity index (χ2v) is 10.4. The molecule has 1 saturated heterocycles. The number of hydrogen-bond acceptors (Lipinski definition) is 6. The van der Waals surface area contributed by atoms with Gasteiger partial charge in [-0.1, -0.05) is 24.6 Å². The number of nitrogens with one attached hydrogen (secondary N) is 2. The predicted molar refractivity (Wildman–Crippen MR) is 148 cm³/mol. The molecule has 0 unspecified atom stereocenters. The highest BCUT2D eigenvalue weighted by atomic mass is 16.5. The van der Waals surface area contributed by atoms with E-state index in [0.29, 0.717) is 29.4 Å². The smallest absolute Gasteiger partial charge is 0.181 e. The molecule has 4 N–H and O–H groups in total. The van der Waals surface area contributed by atoms with Crippen molar-refractivity contribution in [1.82, 2.24) is 20.1 Å². The molecule has 2 heterocycles. The summed E-state index contributed by atoms with van der Waals surface area (Å²) in [5, 5.41) is 18.6. The van der Waals surface area contributed by atoms with E-state index >= 15 is 0 Å². The van der Waals surface area contributed by atoms with Crippen molar-refractivity contribution in [2.24, 2.45) is 5.92 Å². The molecule has 2 fully saturated rings. The molecule has 3 aromatic carbocycles. The van der Waals surface area contributed by atoms with Crippen molar-refractivity contribution in [3.8, 4) is 17.1 Å². The first-order valence-corrected chi connectivity index (χ1v) is 13.4. The van der Waals surface area contributed by atoms with Gasteiger partial charge < -0.3 is 10.5 Å². The Morgan fingerprint density at radius 2 is 1.81 bits per heavy atom. The van der Waals surface area contributed by atoms with E-state index in [2.05, 4.69) is 38.3 Å².